The Morgan fingerprint density at radius 2 is 2.11 bits per heavy atom. The number of aryl methyl sites for hydroxylation is 1. The molecule has 1 aliphatic rings. The van der Waals surface area contributed by atoms with Crippen LogP contribution in [0.5, 0.6) is 0 Å². The quantitative estimate of drug-likeness (QED) is 0.756. The number of nitrogens with zero attached hydrogens (tertiary/aromatic N) is 2. The Balaban J connectivity index is 2.43. The van der Waals surface area contributed by atoms with Crippen LogP contribution in [0.1, 0.15) is 48.6 Å². The average Bonchev–Trinajstić information content (AvgIpc) is 2.82. The zero-order valence-corrected chi connectivity index (χ0v) is 10.8. The minimum Gasteiger partial charge on any atom is -0.252 e. The Labute approximate surface area is 107 Å². The number of fused-ring (bicyclic) bond motifs is 2. The van der Waals surface area contributed by atoms with Gasteiger partial charge in [-0.1, -0.05) is 32.0 Å². The fraction of sp³-hybridized carbons (Fsp3) is 0.375. The molecule has 0 fully saturated rings. The number of para-hydroxylation sites is 1. The molecule has 0 atom stereocenters. The highest BCUT2D eigenvalue weighted by molar-refractivity contribution is 5.89. The Bertz CT molecular complexity index is 663. The first-order valence-electron chi connectivity index (χ1n) is 6.57. The molecule has 1 aliphatic carbocycles. The predicted octanol–water partition coefficient (Wildman–Crippen LogP) is 3.72. The first-order valence-corrected chi connectivity index (χ1v) is 6.57. The van der Waals surface area contributed by atoms with Gasteiger partial charge in [0.2, 0.25) is 0 Å². The Hall–Kier alpha value is -1.88. The highest BCUT2D eigenvalue weighted by Crippen LogP contribution is 2.32. The maximum Gasteiger partial charge on any atom is 0.100 e. The number of aromatic nitrogens is 1. The van der Waals surface area contributed by atoms with Crippen LogP contribution in [0.4, 0.5) is 0 Å². The second-order valence-corrected chi connectivity index (χ2v) is 5.28. The van der Waals surface area contributed by atoms with E-state index in [1.807, 2.05) is 12.1 Å². The summed E-state index contributed by atoms with van der Waals surface area (Å²) in [6.45, 7) is 4.35. The zero-order chi connectivity index (χ0) is 12.7. The average molecular weight is 236 g/mol. The van der Waals surface area contributed by atoms with Crippen LogP contribution in [-0.2, 0) is 12.8 Å². The summed E-state index contributed by atoms with van der Waals surface area (Å²) in [5.41, 5.74) is 5.47. The minimum atomic E-state index is 0.437. The number of nitriles is 1. The molecule has 1 aromatic carbocycles. The highest BCUT2D eigenvalue weighted by Gasteiger charge is 2.20. The summed E-state index contributed by atoms with van der Waals surface area (Å²) in [5, 5.41) is 10.5. The highest BCUT2D eigenvalue weighted by atomic mass is 14.7. The van der Waals surface area contributed by atoms with Crippen LogP contribution in [-0.4, -0.2) is 4.98 Å². The molecule has 0 aliphatic heterocycles. The molecule has 90 valence electrons. The molecule has 0 amide bonds. The summed E-state index contributed by atoms with van der Waals surface area (Å²) >= 11 is 0. The van der Waals surface area contributed by atoms with Crippen molar-refractivity contribution in [2.45, 2.75) is 39.0 Å². The van der Waals surface area contributed by atoms with Gasteiger partial charge in [0.15, 0.2) is 0 Å². The van der Waals surface area contributed by atoms with Gasteiger partial charge >= 0.3 is 0 Å². The Morgan fingerprint density at radius 3 is 2.83 bits per heavy atom. The second-order valence-electron chi connectivity index (χ2n) is 5.28. The van der Waals surface area contributed by atoms with E-state index in [-0.39, 0.29) is 0 Å². The Morgan fingerprint density at radius 1 is 1.28 bits per heavy atom. The molecule has 0 saturated carbocycles. The molecule has 0 N–H and O–H groups in total. The molecule has 0 bridgehead atoms. The summed E-state index contributed by atoms with van der Waals surface area (Å²) in [7, 11) is 0. The van der Waals surface area contributed by atoms with Crippen LogP contribution in [0.25, 0.3) is 10.9 Å². The number of benzene rings is 1. The molecule has 2 nitrogen and oxygen atoms in total. The number of rotatable bonds is 1. The third kappa shape index (κ3) is 1.51. The van der Waals surface area contributed by atoms with E-state index in [1.165, 1.54) is 11.1 Å². The smallest absolute Gasteiger partial charge is 0.100 e. The fourth-order valence-electron chi connectivity index (χ4n) is 2.90. The van der Waals surface area contributed by atoms with Crippen LogP contribution in [0.2, 0.25) is 0 Å². The van der Waals surface area contributed by atoms with Gasteiger partial charge in [-0.05, 0) is 36.3 Å². The summed E-state index contributed by atoms with van der Waals surface area (Å²) < 4.78 is 0. The van der Waals surface area contributed by atoms with Gasteiger partial charge in [0.25, 0.3) is 0 Å². The summed E-state index contributed by atoms with van der Waals surface area (Å²) in [4.78, 5) is 4.83. The van der Waals surface area contributed by atoms with Crippen molar-refractivity contribution in [2.24, 2.45) is 0 Å². The number of pyridine rings is 1. The molecular formula is C16H16N2. The molecule has 18 heavy (non-hydrogen) atoms. The number of hydrogen-bond acceptors (Lipinski definition) is 2. The molecule has 2 heteroatoms. The molecule has 3 rings (SSSR count). The van der Waals surface area contributed by atoms with Gasteiger partial charge in [-0.15, -0.1) is 0 Å². The lowest BCUT2D eigenvalue weighted by Gasteiger charge is -2.12. The van der Waals surface area contributed by atoms with Crippen molar-refractivity contribution in [1.29, 1.82) is 5.26 Å². The lowest BCUT2D eigenvalue weighted by Crippen LogP contribution is -1.99. The van der Waals surface area contributed by atoms with Gasteiger partial charge in [0, 0.05) is 11.1 Å². The van der Waals surface area contributed by atoms with Crippen LogP contribution in [0.15, 0.2) is 18.2 Å². The van der Waals surface area contributed by atoms with Gasteiger partial charge in [-0.2, -0.15) is 5.26 Å². The molecule has 0 spiro atoms. The summed E-state index contributed by atoms with van der Waals surface area (Å²) in [5.74, 6) is 0.437. The molecule has 0 radical (unpaired) electrons. The molecule has 1 aromatic heterocycles. The second kappa shape index (κ2) is 4.10. The van der Waals surface area contributed by atoms with E-state index in [0.29, 0.717) is 5.92 Å². The van der Waals surface area contributed by atoms with Crippen LogP contribution in [0, 0.1) is 11.3 Å². The van der Waals surface area contributed by atoms with E-state index in [9.17, 15) is 5.26 Å². The van der Waals surface area contributed by atoms with E-state index >= 15 is 0 Å². The minimum absolute atomic E-state index is 0.437. The largest absolute Gasteiger partial charge is 0.252 e. The predicted molar refractivity (Wildman–Crippen MR) is 72.6 cm³/mol. The van der Waals surface area contributed by atoms with Crippen molar-refractivity contribution in [3.05, 3.63) is 40.6 Å². The lowest BCUT2D eigenvalue weighted by atomic mass is 9.95. The van der Waals surface area contributed by atoms with Gasteiger partial charge in [0.05, 0.1) is 11.1 Å². The maximum atomic E-state index is 9.45. The summed E-state index contributed by atoms with van der Waals surface area (Å²) in [6, 6.07) is 8.60. The topological polar surface area (TPSA) is 36.7 Å². The fourth-order valence-corrected chi connectivity index (χ4v) is 2.90. The van der Waals surface area contributed by atoms with Gasteiger partial charge < -0.3 is 0 Å². The monoisotopic (exact) mass is 236 g/mol. The molecule has 0 saturated heterocycles. The number of hydrogen-bond donors (Lipinski definition) is 0. The SMILES string of the molecule is CC(C)c1cccc2c(C#N)c3c(nc12)CCC3. The van der Waals surface area contributed by atoms with Gasteiger partial charge in [0.1, 0.15) is 6.07 Å². The molecular weight excluding hydrogens is 220 g/mol. The first kappa shape index (κ1) is 11.2. The van der Waals surface area contributed by atoms with Crippen LogP contribution in [0.3, 0.4) is 0 Å². The third-order valence-corrected chi connectivity index (χ3v) is 3.81. The van der Waals surface area contributed by atoms with E-state index < -0.39 is 0 Å². The Kier molecular flexibility index (Phi) is 2.56. The normalized spacial score (nSPS) is 13.9. The van der Waals surface area contributed by atoms with E-state index in [2.05, 4.69) is 26.0 Å². The van der Waals surface area contributed by atoms with Gasteiger partial charge in [-0.3, -0.25) is 4.98 Å². The van der Waals surface area contributed by atoms with E-state index in [0.717, 1.165) is 41.4 Å². The zero-order valence-electron chi connectivity index (χ0n) is 10.8. The van der Waals surface area contributed by atoms with Crippen molar-refractivity contribution < 1.29 is 0 Å². The van der Waals surface area contributed by atoms with Crippen LogP contribution >= 0.6 is 0 Å². The summed E-state index contributed by atoms with van der Waals surface area (Å²) in [6.07, 6.45) is 3.16. The van der Waals surface area contributed by atoms with E-state index in [4.69, 9.17) is 4.98 Å². The first-order chi connectivity index (χ1) is 8.72. The standard InChI is InChI=1S/C16H16N2/c1-10(2)11-5-3-7-13-14(9-17)12-6-4-8-15(12)18-16(11)13/h3,5,7,10H,4,6,8H2,1-2H3. The van der Waals surface area contributed by atoms with E-state index in [1.54, 1.807) is 0 Å². The van der Waals surface area contributed by atoms with Crippen molar-refractivity contribution in [2.75, 3.05) is 0 Å². The van der Waals surface area contributed by atoms with Crippen molar-refractivity contribution in [3.63, 3.8) is 0 Å². The lowest BCUT2D eigenvalue weighted by molar-refractivity contribution is 0.869. The van der Waals surface area contributed by atoms with Crippen molar-refractivity contribution >= 4 is 10.9 Å². The molecule has 1 heterocycles. The van der Waals surface area contributed by atoms with Crippen molar-refractivity contribution in [1.82, 2.24) is 4.98 Å². The van der Waals surface area contributed by atoms with Crippen molar-refractivity contribution in [3.8, 4) is 6.07 Å². The third-order valence-electron chi connectivity index (χ3n) is 3.81. The molecule has 2 aromatic rings. The van der Waals surface area contributed by atoms with Crippen LogP contribution < -0.4 is 0 Å². The van der Waals surface area contributed by atoms with Gasteiger partial charge in [-0.25, -0.2) is 0 Å². The molecule has 0 unspecified atom stereocenters. The maximum absolute atomic E-state index is 9.45.